The zero-order valence-electron chi connectivity index (χ0n) is 13.3. The summed E-state index contributed by atoms with van der Waals surface area (Å²) in [6.45, 7) is 3.45. The molecule has 1 aromatic rings. The lowest BCUT2D eigenvalue weighted by Gasteiger charge is -2.43. The van der Waals surface area contributed by atoms with E-state index >= 15 is 0 Å². The van der Waals surface area contributed by atoms with Gasteiger partial charge in [-0.3, -0.25) is 4.90 Å². The molecule has 1 aliphatic heterocycles. The van der Waals surface area contributed by atoms with Crippen LogP contribution in [0, 0.1) is 5.41 Å². The molecule has 2 fully saturated rings. The van der Waals surface area contributed by atoms with Gasteiger partial charge in [0.05, 0.1) is 13.2 Å². The van der Waals surface area contributed by atoms with Crippen LogP contribution in [0.1, 0.15) is 37.7 Å². The predicted octanol–water partition coefficient (Wildman–Crippen LogP) is 3.48. The van der Waals surface area contributed by atoms with Crippen molar-refractivity contribution in [2.24, 2.45) is 5.41 Å². The van der Waals surface area contributed by atoms with Crippen LogP contribution in [0.5, 0.6) is 5.75 Å². The number of piperidine rings is 1. The minimum Gasteiger partial charge on any atom is -0.497 e. The van der Waals surface area contributed by atoms with Crippen LogP contribution in [0.15, 0.2) is 24.3 Å². The van der Waals surface area contributed by atoms with E-state index in [1.165, 1.54) is 50.8 Å². The highest BCUT2D eigenvalue weighted by Crippen LogP contribution is 2.46. The molecule has 3 nitrogen and oxygen atoms in total. The van der Waals surface area contributed by atoms with E-state index < -0.39 is 0 Å². The fraction of sp³-hybridized carbons (Fsp3) is 0.667. The Morgan fingerprint density at radius 2 is 1.90 bits per heavy atom. The molecule has 0 amide bonds. The van der Waals surface area contributed by atoms with E-state index in [-0.39, 0.29) is 0 Å². The average molecular weight is 289 g/mol. The molecule has 1 saturated heterocycles. The fourth-order valence-corrected chi connectivity index (χ4v) is 4.32. The van der Waals surface area contributed by atoms with E-state index in [0.717, 1.165) is 12.3 Å². The zero-order valence-corrected chi connectivity index (χ0v) is 13.3. The maximum Gasteiger partial charge on any atom is 0.118 e. The van der Waals surface area contributed by atoms with Gasteiger partial charge in [-0.25, -0.2) is 0 Å². The molecule has 21 heavy (non-hydrogen) atoms. The zero-order chi connectivity index (χ0) is 14.7. The van der Waals surface area contributed by atoms with E-state index in [0.29, 0.717) is 11.5 Å². The summed E-state index contributed by atoms with van der Waals surface area (Å²) in [5.41, 5.74) is 1.79. The van der Waals surface area contributed by atoms with Crippen LogP contribution in [0.4, 0.5) is 0 Å². The highest BCUT2D eigenvalue weighted by atomic mass is 16.5. The van der Waals surface area contributed by atoms with Gasteiger partial charge >= 0.3 is 0 Å². The average Bonchev–Trinajstić information content (AvgIpc) is 2.90. The molecule has 1 heterocycles. The summed E-state index contributed by atoms with van der Waals surface area (Å²) in [6, 6.07) is 8.48. The number of methoxy groups -OCH3 is 2. The van der Waals surface area contributed by atoms with Gasteiger partial charge in [-0.05, 0) is 49.9 Å². The Balaban J connectivity index is 1.65. The topological polar surface area (TPSA) is 21.7 Å². The Kier molecular flexibility index (Phi) is 4.51. The van der Waals surface area contributed by atoms with E-state index in [2.05, 4.69) is 29.2 Å². The smallest absolute Gasteiger partial charge is 0.118 e. The van der Waals surface area contributed by atoms with Gasteiger partial charge in [0.15, 0.2) is 0 Å². The van der Waals surface area contributed by atoms with Gasteiger partial charge in [-0.1, -0.05) is 18.6 Å². The molecule has 1 aromatic carbocycles. The van der Waals surface area contributed by atoms with Crippen molar-refractivity contribution in [3.05, 3.63) is 29.8 Å². The number of nitrogens with zero attached hydrogens (tertiary/aromatic N) is 1. The third-order valence-electron chi connectivity index (χ3n) is 5.36. The summed E-state index contributed by atoms with van der Waals surface area (Å²) >= 11 is 0. The van der Waals surface area contributed by atoms with Crippen LogP contribution < -0.4 is 4.74 Å². The van der Waals surface area contributed by atoms with Crippen LogP contribution in [0.2, 0.25) is 0 Å². The fourth-order valence-electron chi connectivity index (χ4n) is 4.32. The number of hydrogen-bond donors (Lipinski definition) is 0. The lowest BCUT2D eigenvalue weighted by molar-refractivity contribution is -0.0366. The van der Waals surface area contributed by atoms with Gasteiger partial charge in [0, 0.05) is 25.6 Å². The van der Waals surface area contributed by atoms with Gasteiger partial charge in [0.25, 0.3) is 0 Å². The largest absolute Gasteiger partial charge is 0.497 e. The van der Waals surface area contributed by atoms with Crippen molar-refractivity contribution in [3.63, 3.8) is 0 Å². The van der Waals surface area contributed by atoms with Gasteiger partial charge in [0.1, 0.15) is 5.75 Å². The molecule has 2 atom stereocenters. The number of ether oxygens (including phenoxy) is 2. The van der Waals surface area contributed by atoms with Crippen LogP contribution in [0.25, 0.3) is 0 Å². The highest BCUT2D eigenvalue weighted by molar-refractivity contribution is 5.27. The minimum atomic E-state index is 0.416. The standard InChI is InChI=1S/C18H27NO2/c1-20-16-8-6-15(7-9-16)13-19-12-4-11-18(14-19)10-3-5-17(18)21-2/h6-9,17H,3-5,10-14H2,1-2H3/t17-,18-/m1/s1. The molecular weight excluding hydrogens is 262 g/mol. The molecule has 0 radical (unpaired) electrons. The van der Waals surface area contributed by atoms with Crippen molar-refractivity contribution < 1.29 is 9.47 Å². The summed E-state index contributed by atoms with van der Waals surface area (Å²) in [7, 11) is 3.61. The van der Waals surface area contributed by atoms with Crippen molar-refractivity contribution in [1.82, 2.24) is 4.90 Å². The summed E-state index contributed by atoms with van der Waals surface area (Å²) in [5, 5.41) is 0. The van der Waals surface area contributed by atoms with E-state index in [1.807, 2.05) is 7.11 Å². The first-order chi connectivity index (χ1) is 10.3. The predicted molar refractivity (Wildman–Crippen MR) is 84.6 cm³/mol. The molecule has 0 aromatic heterocycles. The highest BCUT2D eigenvalue weighted by Gasteiger charge is 2.45. The van der Waals surface area contributed by atoms with Gasteiger partial charge < -0.3 is 9.47 Å². The van der Waals surface area contributed by atoms with E-state index in [4.69, 9.17) is 9.47 Å². The molecule has 1 saturated carbocycles. The molecule has 0 bridgehead atoms. The number of hydrogen-bond acceptors (Lipinski definition) is 3. The van der Waals surface area contributed by atoms with Crippen LogP contribution in [0.3, 0.4) is 0 Å². The molecular formula is C18H27NO2. The molecule has 0 N–H and O–H groups in total. The Morgan fingerprint density at radius 3 is 2.62 bits per heavy atom. The second-order valence-electron chi connectivity index (χ2n) is 6.64. The van der Waals surface area contributed by atoms with Crippen molar-refractivity contribution in [2.75, 3.05) is 27.3 Å². The Hall–Kier alpha value is -1.06. The lowest BCUT2D eigenvalue weighted by atomic mass is 9.76. The quantitative estimate of drug-likeness (QED) is 0.847. The van der Waals surface area contributed by atoms with E-state index in [1.54, 1.807) is 7.11 Å². The van der Waals surface area contributed by atoms with Crippen molar-refractivity contribution in [1.29, 1.82) is 0 Å². The Labute approximate surface area is 128 Å². The summed E-state index contributed by atoms with van der Waals surface area (Å²) in [5.74, 6) is 0.934. The van der Waals surface area contributed by atoms with Crippen LogP contribution >= 0.6 is 0 Å². The summed E-state index contributed by atoms with van der Waals surface area (Å²) in [4.78, 5) is 2.61. The third-order valence-corrected chi connectivity index (χ3v) is 5.36. The van der Waals surface area contributed by atoms with Crippen LogP contribution in [-0.4, -0.2) is 38.3 Å². The van der Waals surface area contributed by atoms with Crippen molar-refractivity contribution >= 4 is 0 Å². The normalized spacial score (nSPS) is 29.9. The molecule has 3 rings (SSSR count). The SMILES string of the molecule is COc1ccc(CN2CCC[C@]3(CCC[C@H]3OC)C2)cc1. The van der Waals surface area contributed by atoms with Crippen molar-refractivity contribution in [2.45, 2.75) is 44.8 Å². The summed E-state index contributed by atoms with van der Waals surface area (Å²) < 4.78 is 11.0. The molecule has 0 unspecified atom stereocenters. The van der Waals surface area contributed by atoms with Gasteiger partial charge in [-0.2, -0.15) is 0 Å². The van der Waals surface area contributed by atoms with Crippen LogP contribution in [-0.2, 0) is 11.3 Å². The first kappa shape index (κ1) is 14.9. The minimum absolute atomic E-state index is 0.416. The lowest BCUT2D eigenvalue weighted by Crippen LogP contribution is -2.47. The second-order valence-corrected chi connectivity index (χ2v) is 6.64. The number of benzene rings is 1. The Bertz CT molecular complexity index is 459. The van der Waals surface area contributed by atoms with Crippen molar-refractivity contribution in [3.8, 4) is 5.75 Å². The number of rotatable bonds is 4. The maximum atomic E-state index is 5.79. The maximum absolute atomic E-state index is 5.79. The monoisotopic (exact) mass is 289 g/mol. The van der Waals surface area contributed by atoms with Gasteiger partial charge in [-0.15, -0.1) is 0 Å². The molecule has 116 valence electrons. The molecule has 3 heteroatoms. The molecule has 1 aliphatic carbocycles. The first-order valence-electron chi connectivity index (χ1n) is 8.14. The third kappa shape index (κ3) is 3.09. The van der Waals surface area contributed by atoms with Gasteiger partial charge in [0.2, 0.25) is 0 Å². The first-order valence-corrected chi connectivity index (χ1v) is 8.14. The Morgan fingerprint density at radius 1 is 1.14 bits per heavy atom. The number of likely N-dealkylation sites (tertiary alicyclic amines) is 1. The molecule has 1 spiro atoms. The summed E-state index contributed by atoms with van der Waals surface area (Å²) in [6.07, 6.45) is 7.02. The molecule has 2 aliphatic rings. The second kappa shape index (κ2) is 6.37. The van der Waals surface area contributed by atoms with E-state index in [9.17, 15) is 0 Å².